The Balaban J connectivity index is 2.24. The molecule has 0 unspecified atom stereocenters. The highest BCUT2D eigenvalue weighted by molar-refractivity contribution is 6.30. The molecule has 0 N–H and O–H groups in total. The Morgan fingerprint density at radius 1 is 1.25 bits per heavy atom. The summed E-state index contributed by atoms with van der Waals surface area (Å²) < 4.78 is 1.30. The zero-order valence-corrected chi connectivity index (χ0v) is 10.9. The van der Waals surface area contributed by atoms with Gasteiger partial charge in [-0.15, -0.1) is 0 Å². The molecule has 0 aliphatic heterocycles. The van der Waals surface area contributed by atoms with Gasteiger partial charge in [-0.3, -0.25) is 19.7 Å². The van der Waals surface area contributed by atoms with Crippen LogP contribution >= 0.6 is 11.6 Å². The number of nitrogens with zero attached hydrogens (tertiary/aromatic N) is 2. The molecule has 2 aromatic rings. The van der Waals surface area contributed by atoms with Crippen LogP contribution in [0.3, 0.4) is 0 Å². The van der Waals surface area contributed by atoms with Crippen molar-refractivity contribution in [2.24, 2.45) is 0 Å². The predicted molar refractivity (Wildman–Crippen MR) is 73.1 cm³/mol. The molecule has 0 saturated carbocycles. The molecular formula is C13H9ClN2O4. The largest absolute Gasteiger partial charge is 0.340 e. The molecule has 1 aromatic heterocycles. The minimum atomic E-state index is -0.772. The first-order chi connectivity index (χ1) is 9.47. The van der Waals surface area contributed by atoms with Gasteiger partial charge < -0.3 is 4.57 Å². The second-order valence-corrected chi connectivity index (χ2v) is 4.49. The third kappa shape index (κ3) is 3.10. The van der Waals surface area contributed by atoms with Crippen LogP contribution in [0.4, 0.5) is 5.69 Å². The summed E-state index contributed by atoms with van der Waals surface area (Å²) in [6, 6.07) is 7.38. The topological polar surface area (TPSA) is 82.2 Å². The van der Waals surface area contributed by atoms with E-state index < -0.39 is 16.0 Å². The standard InChI is InChI=1S/C13H9ClN2O4/c14-10-3-1-9(2-4-10)13(18)8-15-6-5-12(17)11(7-15)16(19)20/h1-7H,8H2. The summed E-state index contributed by atoms with van der Waals surface area (Å²) in [5.41, 5.74) is -0.808. The quantitative estimate of drug-likeness (QED) is 0.492. The fourth-order valence-corrected chi connectivity index (χ4v) is 1.77. The van der Waals surface area contributed by atoms with Crippen LogP contribution in [0.15, 0.2) is 47.5 Å². The first kappa shape index (κ1) is 14.0. The van der Waals surface area contributed by atoms with Crippen molar-refractivity contribution >= 4 is 23.1 Å². The Morgan fingerprint density at radius 2 is 1.90 bits per heavy atom. The molecule has 0 fully saturated rings. The summed E-state index contributed by atoms with van der Waals surface area (Å²) in [5, 5.41) is 11.2. The first-order valence-corrected chi connectivity index (χ1v) is 5.98. The third-order valence-corrected chi connectivity index (χ3v) is 2.90. The third-order valence-electron chi connectivity index (χ3n) is 2.65. The number of hydrogen-bond donors (Lipinski definition) is 0. The fourth-order valence-electron chi connectivity index (χ4n) is 1.64. The van der Waals surface area contributed by atoms with E-state index in [0.29, 0.717) is 10.6 Å². The van der Waals surface area contributed by atoms with Crippen molar-refractivity contribution in [3.63, 3.8) is 0 Å². The highest BCUT2D eigenvalue weighted by Gasteiger charge is 2.13. The van der Waals surface area contributed by atoms with Crippen molar-refractivity contribution in [1.29, 1.82) is 0 Å². The molecule has 1 heterocycles. The van der Waals surface area contributed by atoms with E-state index in [1.807, 2.05) is 0 Å². The number of aromatic nitrogens is 1. The zero-order valence-electron chi connectivity index (χ0n) is 10.2. The summed E-state index contributed by atoms with van der Waals surface area (Å²) in [6.45, 7) is -0.0945. The van der Waals surface area contributed by atoms with Crippen LogP contribution in [0.1, 0.15) is 10.4 Å². The summed E-state index contributed by atoms with van der Waals surface area (Å²) >= 11 is 5.72. The molecular weight excluding hydrogens is 284 g/mol. The van der Waals surface area contributed by atoms with Gasteiger partial charge in [0.05, 0.1) is 17.7 Å². The molecule has 6 nitrogen and oxygen atoms in total. The van der Waals surface area contributed by atoms with E-state index in [9.17, 15) is 19.7 Å². The Hall–Kier alpha value is -2.47. The fraction of sp³-hybridized carbons (Fsp3) is 0.0769. The van der Waals surface area contributed by atoms with E-state index in [2.05, 4.69) is 0 Å². The van der Waals surface area contributed by atoms with Gasteiger partial charge in [0.25, 0.3) is 5.43 Å². The average Bonchev–Trinajstić information content (AvgIpc) is 2.41. The number of benzene rings is 1. The van der Waals surface area contributed by atoms with Crippen LogP contribution in [-0.2, 0) is 6.54 Å². The number of halogens is 1. The number of hydrogen-bond acceptors (Lipinski definition) is 4. The SMILES string of the molecule is O=C(Cn1ccc(=O)c([N+](=O)[O-])c1)c1ccc(Cl)cc1. The van der Waals surface area contributed by atoms with Crippen molar-refractivity contribution in [2.45, 2.75) is 6.54 Å². The van der Waals surface area contributed by atoms with Gasteiger partial charge in [0, 0.05) is 22.8 Å². The van der Waals surface area contributed by atoms with E-state index in [-0.39, 0.29) is 12.3 Å². The van der Waals surface area contributed by atoms with Crippen molar-refractivity contribution in [3.05, 3.63) is 73.6 Å². The average molecular weight is 293 g/mol. The summed E-state index contributed by atoms with van der Waals surface area (Å²) in [6.07, 6.45) is 2.39. The van der Waals surface area contributed by atoms with Crippen molar-refractivity contribution < 1.29 is 9.72 Å². The number of carbonyl (C=O) groups excluding carboxylic acids is 1. The molecule has 0 radical (unpaired) electrons. The van der Waals surface area contributed by atoms with Crippen LogP contribution in [0, 0.1) is 10.1 Å². The normalized spacial score (nSPS) is 10.2. The molecule has 0 atom stereocenters. The van der Waals surface area contributed by atoms with Gasteiger partial charge >= 0.3 is 5.69 Å². The predicted octanol–water partition coefficient (Wildman–Crippen LogP) is 2.29. The lowest BCUT2D eigenvalue weighted by Gasteiger charge is -2.05. The Labute approximate surface area is 118 Å². The van der Waals surface area contributed by atoms with E-state index in [4.69, 9.17) is 11.6 Å². The van der Waals surface area contributed by atoms with Gasteiger partial charge in [0.1, 0.15) is 0 Å². The number of carbonyl (C=O) groups is 1. The first-order valence-electron chi connectivity index (χ1n) is 5.60. The Bertz CT molecular complexity index is 722. The molecule has 20 heavy (non-hydrogen) atoms. The number of ketones is 1. The number of rotatable bonds is 4. The minimum Gasteiger partial charge on any atom is -0.340 e. The van der Waals surface area contributed by atoms with Crippen molar-refractivity contribution in [2.75, 3.05) is 0 Å². The van der Waals surface area contributed by atoms with Crippen molar-refractivity contribution in [1.82, 2.24) is 4.57 Å². The number of Topliss-reactive ketones (excluding diaryl/α,β-unsaturated/α-hetero) is 1. The highest BCUT2D eigenvalue weighted by Crippen LogP contribution is 2.11. The molecule has 0 aliphatic carbocycles. The maximum Gasteiger partial charge on any atom is 0.332 e. The van der Waals surface area contributed by atoms with E-state index in [0.717, 1.165) is 12.3 Å². The summed E-state index contributed by atoms with van der Waals surface area (Å²) in [5.74, 6) is -0.236. The molecule has 0 saturated heterocycles. The number of pyridine rings is 1. The lowest BCUT2D eigenvalue weighted by atomic mass is 10.1. The van der Waals surface area contributed by atoms with Gasteiger partial charge in [0.2, 0.25) is 0 Å². The summed E-state index contributed by atoms with van der Waals surface area (Å²) in [7, 11) is 0. The highest BCUT2D eigenvalue weighted by atomic mass is 35.5. The van der Waals surface area contributed by atoms with Crippen LogP contribution in [0.25, 0.3) is 0 Å². The molecule has 7 heteroatoms. The molecule has 0 bridgehead atoms. The molecule has 0 spiro atoms. The van der Waals surface area contributed by atoms with Gasteiger partial charge in [-0.25, -0.2) is 0 Å². The Morgan fingerprint density at radius 3 is 2.50 bits per heavy atom. The van der Waals surface area contributed by atoms with Crippen LogP contribution in [0.2, 0.25) is 5.02 Å². The maximum absolute atomic E-state index is 12.0. The summed E-state index contributed by atoms with van der Waals surface area (Å²) in [4.78, 5) is 33.1. The van der Waals surface area contributed by atoms with Crippen LogP contribution < -0.4 is 5.43 Å². The van der Waals surface area contributed by atoms with Gasteiger partial charge in [-0.05, 0) is 24.3 Å². The molecule has 2 rings (SSSR count). The molecule has 102 valence electrons. The van der Waals surface area contributed by atoms with Gasteiger partial charge in [-0.1, -0.05) is 11.6 Å². The van der Waals surface area contributed by atoms with Gasteiger partial charge in [-0.2, -0.15) is 0 Å². The van der Waals surface area contributed by atoms with Gasteiger partial charge in [0.15, 0.2) is 5.78 Å². The Kier molecular flexibility index (Phi) is 3.95. The monoisotopic (exact) mass is 292 g/mol. The molecule has 1 aromatic carbocycles. The number of nitro groups is 1. The zero-order chi connectivity index (χ0) is 14.7. The molecule has 0 amide bonds. The van der Waals surface area contributed by atoms with Crippen LogP contribution in [-0.4, -0.2) is 15.3 Å². The van der Waals surface area contributed by atoms with Crippen LogP contribution in [0.5, 0.6) is 0 Å². The van der Waals surface area contributed by atoms with E-state index >= 15 is 0 Å². The maximum atomic E-state index is 12.0. The molecule has 0 aliphatic rings. The minimum absolute atomic E-state index is 0.0945. The second kappa shape index (κ2) is 5.66. The smallest absolute Gasteiger partial charge is 0.332 e. The lowest BCUT2D eigenvalue weighted by molar-refractivity contribution is -0.386. The van der Waals surface area contributed by atoms with E-state index in [1.165, 1.54) is 10.8 Å². The van der Waals surface area contributed by atoms with E-state index in [1.54, 1.807) is 24.3 Å². The second-order valence-electron chi connectivity index (χ2n) is 4.05. The lowest BCUT2D eigenvalue weighted by Crippen LogP contribution is -2.15. The van der Waals surface area contributed by atoms with Crippen molar-refractivity contribution in [3.8, 4) is 0 Å².